The van der Waals surface area contributed by atoms with E-state index in [-0.39, 0.29) is 0 Å². The molecule has 2 unspecified atom stereocenters. The largest absolute Gasteiger partial charge is 0.508 e. The second kappa shape index (κ2) is 4.24. The maximum Gasteiger partial charge on any atom is 0.115 e. The van der Waals surface area contributed by atoms with Gasteiger partial charge >= 0.3 is 0 Å². The number of hydrogen-bond acceptors (Lipinski definition) is 3. The molecule has 3 heteroatoms. The molecule has 2 atom stereocenters. The van der Waals surface area contributed by atoms with E-state index in [0.29, 0.717) is 17.7 Å². The summed E-state index contributed by atoms with van der Waals surface area (Å²) in [7, 11) is 0. The SMILES string of the molecule is Oc1ccc(C2CCCC2NS)cc1. The number of rotatable bonds is 2. The zero-order chi connectivity index (χ0) is 9.97. The Morgan fingerprint density at radius 1 is 1.21 bits per heavy atom. The minimum absolute atomic E-state index is 0.335. The minimum Gasteiger partial charge on any atom is -0.508 e. The van der Waals surface area contributed by atoms with E-state index in [1.165, 1.54) is 24.8 Å². The van der Waals surface area contributed by atoms with Crippen molar-refractivity contribution in [1.29, 1.82) is 0 Å². The first-order valence-corrected chi connectivity index (χ1v) is 5.44. The van der Waals surface area contributed by atoms with E-state index >= 15 is 0 Å². The van der Waals surface area contributed by atoms with Gasteiger partial charge in [-0.05, 0) is 30.5 Å². The average Bonchev–Trinajstić information content (AvgIpc) is 2.67. The summed E-state index contributed by atoms with van der Waals surface area (Å²) in [5.41, 5.74) is 1.30. The van der Waals surface area contributed by atoms with Gasteiger partial charge in [-0.25, -0.2) is 0 Å². The predicted molar refractivity (Wildman–Crippen MR) is 60.6 cm³/mol. The molecule has 1 fully saturated rings. The lowest BCUT2D eigenvalue weighted by molar-refractivity contribution is 0.474. The maximum atomic E-state index is 9.19. The van der Waals surface area contributed by atoms with Crippen LogP contribution in [-0.4, -0.2) is 11.1 Å². The van der Waals surface area contributed by atoms with Gasteiger partial charge in [-0.15, -0.1) is 0 Å². The molecule has 0 aromatic heterocycles. The molecule has 0 radical (unpaired) electrons. The number of thiol groups is 1. The first-order chi connectivity index (χ1) is 6.81. The highest BCUT2D eigenvalue weighted by Gasteiger charge is 2.27. The number of hydrogen-bond donors (Lipinski definition) is 3. The Labute approximate surface area is 89.9 Å². The highest BCUT2D eigenvalue weighted by molar-refractivity contribution is 7.78. The van der Waals surface area contributed by atoms with Gasteiger partial charge in [0.15, 0.2) is 0 Å². The van der Waals surface area contributed by atoms with Crippen LogP contribution in [0.1, 0.15) is 30.7 Å². The number of benzene rings is 1. The van der Waals surface area contributed by atoms with Crippen LogP contribution in [0.15, 0.2) is 24.3 Å². The van der Waals surface area contributed by atoms with Crippen LogP contribution in [0, 0.1) is 0 Å². The first-order valence-electron chi connectivity index (χ1n) is 5.00. The van der Waals surface area contributed by atoms with Crippen molar-refractivity contribution in [3.8, 4) is 5.75 Å². The van der Waals surface area contributed by atoms with E-state index in [1.54, 1.807) is 12.1 Å². The van der Waals surface area contributed by atoms with Gasteiger partial charge in [-0.2, -0.15) is 0 Å². The number of nitrogens with one attached hydrogen (secondary N) is 1. The molecule has 1 aliphatic carbocycles. The van der Waals surface area contributed by atoms with Gasteiger partial charge in [0.2, 0.25) is 0 Å². The fraction of sp³-hybridized carbons (Fsp3) is 0.455. The van der Waals surface area contributed by atoms with Gasteiger partial charge in [-0.1, -0.05) is 31.4 Å². The van der Waals surface area contributed by atoms with Gasteiger partial charge in [-0.3, -0.25) is 4.72 Å². The number of phenols is 1. The van der Waals surface area contributed by atoms with E-state index < -0.39 is 0 Å². The predicted octanol–water partition coefficient (Wildman–Crippen LogP) is 2.46. The van der Waals surface area contributed by atoms with Crippen molar-refractivity contribution >= 4 is 12.8 Å². The Morgan fingerprint density at radius 2 is 1.93 bits per heavy atom. The molecule has 1 saturated carbocycles. The smallest absolute Gasteiger partial charge is 0.115 e. The molecule has 0 amide bonds. The third kappa shape index (κ3) is 1.88. The van der Waals surface area contributed by atoms with Gasteiger partial charge < -0.3 is 5.11 Å². The molecule has 76 valence electrons. The Hall–Kier alpha value is -0.670. The molecular formula is C11H15NOS. The van der Waals surface area contributed by atoms with Gasteiger partial charge in [0, 0.05) is 12.0 Å². The van der Waals surface area contributed by atoms with Gasteiger partial charge in [0.05, 0.1) is 0 Å². The van der Waals surface area contributed by atoms with Gasteiger partial charge in [0.1, 0.15) is 5.75 Å². The van der Waals surface area contributed by atoms with Crippen LogP contribution in [-0.2, 0) is 0 Å². The summed E-state index contributed by atoms with van der Waals surface area (Å²) in [5.74, 6) is 0.884. The van der Waals surface area contributed by atoms with E-state index in [1.807, 2.05) is 12.1 Å². The molecule has 0 bridgehead atoms. The van der Waals surface area contributed by atoms with Crippen molar-refractivity contribution < 1.29 is 5.11 Å². The molecule has 0 aliphatic heterocycles. The average molecular weight is 209 g/mol. The molecule has 14 heavy (non-hydrogen) atoms. The molecule has 0 heterocycles. The summed E-state index contributed by atoms with van der Waals surface area (Å²) in [6, 6.07) is 7.99. The van der Waals surface area contributed by atoms with Crippen molar-refractivity contribution in [3.63, 3.8) is 0 Å². The van der Waals surface area contributed by atoms with E-state index in [4.69, 9.17) is 0 Å². The third-order valence-corrected chi connectivity index (χ3v) is 3.33. The lowest BCUT2D eigenvalue weighted by Gasteiger charge is -2.18. The van der Waals surface area contributed by atoms with E-state index in [9.17, 15) is 5.11 Å². The van der Waals surface area contributed by atoms with Crippen molar-refractivity contribution in [2.24, 2.45) is 0 Å². The molecule has 1 aromatic carbocycles. The van der Waals surface area contributed by atoms with Crippen LogP contribution in [0.5, 0.6) is 5.75 Å². The fourth-order valence-electron chi connectivity index (χ4n) is 2.24. The molecule has 0 spiro atoms. The van der Waals surface area contributed by atoms with Crippen LogP contribution >= 0.6 is 12.8 Å². The maximum absolute atomic E-state index is 9.19. The molecule has 1 aromatic rings. The Morgan fingerprint density at radius 3 is 2.57 bits per heavy atom. The van der Waals surface area contributed by atoms with Crippen molar-refractivity contribution in [2.45, 2.75) is 31.2 Å². The number of aromatic hydroxyl groups is 1. The summed E-state index contributed by atoms with van der Waals surface area (Å²) >= 11 is 4.15. The number of phenolic OH excluding ortho intramolecular Hbond substituents is 1. The fourth-order valence-corrected chi connectivity index (χ4v) is 2.54. The zero-order valence-electron chi connectivity index (χ0n) is 7.98. The molecular weight excluding hydrogens is 194 g/mol. The van der Waals surface area contributed by atoms with Crippen LogP contribution < -0.4 is 4.72 Å². The van der Waals surface area contributed by atoms with E-state index in [0.717, 1.165) is 0 Å². The van der Waals surface area contributed by atoms with Crippen molar-refractivity contribution in [1.82, 2.24) is 4.72 Å². The second-order valence-corrected chi connectivity index (χ2v) is 4.12. The Kier molecular flexibility index (Phi) is 2.99. The Balaban J connectivity index is 2.17. The summed E-state index contributed by atoms with van der Waals surface area (Å²) in [6.45, 7) is 0. The van der Waals surface area contributed by atoms with Crippen LogP contribution in [0.4, 0.5) is 0 Å². The lowest BCUT2D eigenvalue weighted by Crippen LogP contribution is -2.23. The zero-order valence-corrected chi connectivity index (χ0v) is 8.87. The molecule has 2 N–H and O–H groups in total. The minimum atomic E-state index is 0.335. The Bertz CT molecular complexity index is 299. The molecule has 1 aliphatic rings. The van der Waals surface area contributed by atoms with Crippen LogP contribution in [0.2, 0.25) is 0 Å². The first kappa shape index (κ1) is 9.87. The highest BCUT2D eigenvalue weighted by Crippen LogP contribution is 2.35. The van der Waals surface area contributed by atoms with E-state index in [2.05, 4.69) is 17.5 Å². The molecule has 2 rings (SSSR count). The summed E-state index contributed by atoms with van der Waals surface area (Å²) in [6.07, 6.45) is 3.65. The van der Waals surface area contributed by atoms with Crippen LogP contribution in [0.3, 0.4) is 0 Å². The van der Waals surface area contributed by atoms with Crippen molar-refractivity contribution in [3.05, 3.63) is 29.8 Å². The third-order valence-electron chi connectivity index (χ3n) is 3.00. The van der Waals surface area contributed by atoms with Crippen molar-refractivity contribution in [2.75, 3.05) is 0 Å². The lowest BCUT2D eigenvalue weighted by atomic mass is 9.95. The normalized spacial score (nSPS) is 26.6. The highest BCUT2D eigenvalue weighted by atomic mass is 32.1. The molecule has 2 nitrogen and oxygen atoms in total. The van der Waals surface area contributed by atoms with Gasteiger partial charge in [0.25, 0.3) is 0 Å². The topological polar surface area (TPSA) is 32.3 Å². The molecule has 0 saturated heterocycles. The quantitative estimate of drug-likeness (QED) is 0.654. The monoisotopic (exact) mass is 209 g/mol. The summed E-state index contributed by atoms with van der Waals surface area (Å²) in [5, 5.41) is 9.19. The van der Waals surface area contributed by atoms with Crippen LogP contribution in [0.25, 0.3) is 0 Å². The standard InChI is InChI=1S/C11H15NOS/c13-9-6-4-8(5-7-9)10-2-1-3-11(10)12-14/h4-7,10-14H,1-3H2. The summed E-state index contributed by atoms with van der Waals surface area (Å²) < 4.78 is 3.06. The summed E-state index contributed by atoms with van der Waals surface area (Å²) in [4.78, 5) is 0. The second-order valence-electron chi connectivity index (χ2n) is 3.86.